The maximum Gasteiger partial charge on any atom is 0.333 e. The van der Waals surface area contributed by atoms with Crippen molar-refractivity contribution in [3.05, 3.63) is 29.3 Å². The molecule has 2 fully saturated rings. The number of carbonyl (C=O) groups is 1. The second-order valence-corrected chi connectivity index (χ2v) is 12.0. The highest BCUT2D eigenvalue weighted by Crippen LogP contribution is 2.68. The number of aryl methyl sites for hydroxylation is 1. The van der Waals surface area contributed by atoms with Gasteiger partial charge in [0.2, 0.25) is 0 Å². The largest absolute Gasteiger partial charge is 0.427 e. The van der Waals surface area contributed by atoms with Gasteiger partial charge in [-0.25, -0.2) is 4.39 Å². The van der Waals surface area contributed by atoms with Crippen molar-refractivity contribution in [1.29, 1.82) is 0 Å². The van der Waals surface area contributed by atoms with Gasteiger partial charge in [-0.3, -0.25) is 9.36 Å². The molecule has 178 valence electrons. The smallest absolute Gasteiger partial charge is 0.333 e. The first kappa shape index (κ1) is 23.9. The van der Waals surface area contributed by atoms with Crippen LogP contribution in [0, 0.1) is 17.3 Å². The Kier molecular flexibility index (Phi) is 6.61. The molecule has 0 unspecified atom stereocenters. The van der Waals surface area contributed by atoms with Gasteiger partial charge in [0, 0.05) is 12.3 Å². The first-order chi connectivity index (χ1) is 15.1. The molecule has 2 saturated carbocycles. The predicted octanol–water partition coefficient (Wildman–Crippen LogP) is 6.44. The maximum absolute atomic E-state index is 16.6. The number of carbonyl (C=O) groups excluding carboxylic acids is 1. The zero-order valence-corrected chi connectivity index (χ0v) is 20.6. The summed E-state index contributed by atoms with van der Waals surface area (Å²) < 4.78 is 46.1. The molecule has 3 aliphatic rings. The van der Waals surface area contributed by atoms with Crippen LogP contribution in [-0.2, 0) is 24.8 Å². The van der Waals surface area contributed by atoms with Crippen molar-refractivity contribution in [2.24, 2.45) is 17.3 Å². The summed E-state index contributed by atoms with van der Waals surface area (Å²) in [4.78, 5) is 11.3. The van der Waals surface area contributed by atoms with Gasteiger partial charge in [-0.1, -0.05) is 13.0 Å². The Labute approximate surface area is 190 Å². The van der Waals surface area contributed by atoms with E-state index in [0.29, 0.717) is 24.0 Å². The minimum atomic E-state index is -3.46. The van der Waals surface area contributed by atoms with Gasteiger partial charge >= 0.3 is 13.6 Å². The van der Waals surface area contributed by atoms with E-state index < -0.39 is 18.7 Å². The molecule has 5 atom stereocenters. The molecule has 5 nitrogen and oxygen atoms in total. The van der Waals surface area contributed by atoms with Crippen molar-refractivity contribution in [2.75, 3.05) is 19.4 Å². The minimum Gasteiger partial charge on any atom is -0.427 e. The summed E-state index contributed by atoms with van der Waals surface area (Å²) in [5, 5.41) is 0. The van der Waals surface area contributed by atoms with Gasteiger partial charge in [0.05, 0.1) is 19.4 Å². The Morgan fingerprint density at radius 2 is 1.88 bits per heavy atom. The fourth-order valence-corrected chi connectivity index (χ4v) is 9.13. The number of hydrogen-bond donors (Lipinski definition) is 0. The average molecular weight is 467 g/mol. The first-order valence-electron chi connectivity index (χ1n) is 12.0. The molecule has 3 aliphatic carbocycles. The Bertz CT molecular complexity index is 910. The molecule has 0 radical (unpaired) electrons. The van der Waals surface area contributed by atoms with E-state index in [0.717, 1.165) is 32.1 Å². The van der Waals surface area contributed by atoms with Gasteiger partial charge < -0.3 is 13.8 Å². The van der Waals surface area contributed by atoms with Gasteiger partial charge in [0.25, 0.3) is 0 Å². The van der Waals surface area contributed by atoms with E-state index >= 15 is 4.39 Å². The lowest BCUT2D eigenvalue weighted by molar-refractivity contribution is -0.131. The molecule has 4 rings (SSSR count). The number of ether oxygens (including phenoxy) is 1. The quantitative estimate of drug-likeness (QED) is 0.263. The van der Waals surface area contributed by atoms with Crippen molar-refractivity contribution < 1.29 is 27.5 Å². The van der Waals surface area contributed by atoms with Crippen molar-refractivity contribution in [3.63, 3.8) is 0 Å². The lowest BCUT2D eigenvalue weighted by Gasteiger charge is -2.52. The lowest BCUT2D eigenvalue weighted by Crippen LogP contribution is -2.50. The van der Waals surface area contributed by atoms with Crippen molar-refractivity contribution in [1.82, 2.24) is 0 Å². The first-order valence-corrected chi connectivity index (χ1v) is 13.8. The molecule has 1 aromatic rings. The normalized spacial score (nSPS) is 33.8. The van der Waals surface area contributed by atoms with Gasteiger partial charge in [0.1, 0.15) is 11.4 Å². The standard InChI is InChI=1S/C25H36FO5P/c1-5-29-32(28,30-6-2)16-25(26)14-12-23-22-9-7-18-15-19(31-17(3)27)8-10-20(18)21(22)11-13-24(23,25)4/h8,10,15,21-23H,5-7,9,11-14,16H2,1-4H3/t21-,22-,23+,24+,25+/m1/s1. The van der Waals surface area contributed by atoms with Crippen LogP contribution in [0.1, 0.15) is 76.8 Å². The van der Waals surface area contributed by atoms with Crippen LogP contribution >= 0.6 is 7.60 Å². The third kappa shape index (κ3) is 4.08. The predicted molar refractivity (Wildman–Crippen MR) is 122 cm³/mol. The number of rotatable bonds is 7. The van der Waals surface area contributed by atoms with Crippen LogP contribution in [0.4, 0.5) is 4.39 Å². The topological polar surface area (TPSA) is 61.8 Å². The number of fused-ring (bicyclic) bond motifs is 5. The number of halogens is 1. The number of alkyl halides is 1. The van der Waals surface area contributed by atoms with Crippen LogP contribution in [-0.4, -0.2) is 31.0 Å². The SMILES string of the molecule is CCOP(=O)(C[C@@]1(F)CC[C@H]2[C@@H]3CCc4cc(OC(C)=O)ccc4[C@H]3CC[C@@]21C)OCC. The zero-order valence-electron chi connectivity index (χ0n) is 19.7. The van der Waals surface area contributed by atoms with Crippen LogP contribution in [0.3, 0.4) is 0 Å². The Hall–Kier alpha value is -1.23. The van der Waals surface area contributed by atoms with Gasteiger partial charge in [-0.15, -0.1) is 0 Å². The molecule has 1 aromatic carbocycles. The fourth-order valence-electron chi connectivity index (χ4n) is 6.96. The van der Waals surface area contributed by atoms with E-state index in [1.165, 1.54) is 18.1 Å². The van der Waals surface area contributed by atoms with Crippen molar-refractivity contribution in [3.8, 4) is 5.75 Å². The summed E-state index contributed by atoms with van der Waals surface area (Å²) in [5.74, 6) is 1.35. The van der Waals surface area contributed by atoms with Gasteiger partial charge in [0.15, 0.2) is 0 Å². The number of benzene rings is 1. The Balaban J connectivity index is 1.58. The molecule has 0 amide bonds. The highest BCUT2D eigenvalue weighted by molar-refractivity contribution is 7.53. The highest BCUT2D eigenvalue weighted by atomic mass is 31.2. The number of esters is 1. The fraction of sp³-hybridized carbons (Fsp3) is 0.720. The molecule has 0 spiro atoms. The lowest BCUT2D eigenvalue weighted by atomic mass is 9.54. The zero-order chi connectivity index (χ0) is 23.1. The summed E-state index contributed by atoms with van der Waals surface area (Å²) in [5.41, 5.74) is 0.509. The summed E-state index contributed by atoms with van der Waals surface area (Å²) in [6.45, 7) is 7.54. The molecule has 0 aliphatic heterocycles. The van der Waals surface area contributed by atoms with E-state index in [1.807, 2.05) is 12.1 Å². The average Bonchev–Trinajstić information content (AvgIpc) is 2.97. The van der Waals surface area contributed by atoms with Crippen LogP contribution < -0.4 is 4.74 Å². The van der Waals surface area contributed by atoms with Crippen molar-refractivity contribution >= 4 is 13.6 Å². The van der Waals surface area contributed by atoms with Gasteiger partial charge in [-0.2, -0.15) is 0 Å². The summed E-state index contributed by atoms with van der Waals surface area (Å²) >= 11 is 0. The van der Waals surface area contributed by atoms with Crippen LogP contribution in [0.15, 0.2) is 18.2 Å². The van der Waals surface area contributed by atoms with E-state index in [4.69, 9.17) is 13.8 Å². The minimum absolute atomic E-state index is 0.144. The Morgan fingerprint density at radius 1 is 1.16 bits per heavy atom. The molecule has 0 heterocycles. The van der Waals surface area contributed by atoms with E-state index in [1.54, 1.807) is 13.8 Å². The van der Waals surface area contributed by atoms with Crippen molar-refractivity contribution in [2.45, 2.75) is 77.8 Å². The van der Waals surface area contributed by atoms with E-state index in [2.05, 4.69) is 13.0 Å². The maximum atomic E-state index is 16.6. The molecule has 32 heavy (non-hydrogen) atoms. The molecule has 0 bridgehead atoms. The highest BCUT2D eigenvalue weighted by Gasteiger charge is 2.64. The molecular weight excluding hydrogens is 430 g/mol. The molecular formula is C25H36FO5P. The summed E-state index contributed by atoms with van der Waals surface area (Å²) in [6, 6.07) is 5.98. The molecule has 0 N–H and O–H groups in total. The van der Waals surface area contributed by atoms with E-state index in [-0.39, 0.29) is 31.3 Å². The molecule has 7 heteroatoms. The van der Waals surface area contributed by atoms with Crippen LogP contribution in [0.25, 0.3) is 0 Å². The second-order valence-electron chi connectivity index (χ2n) is 9.93. The van der Waals surface area contributed by atoms with Crippen LogP contribution in [0.5, 0.6) is 5.75 Å². The van der Waals surface area contributed by atoms with Gasteiger partial charge in [-0.05, 0) is 93.4 Å². The number of hydrogen-bond acceptors (Lipinski definition) is 5. The third-order valence-electron chi connectivity index (χ3n) is 8.32. The monoisotopic (exact) mass is 466 g/mol. The van der Waals surface area contributed by atoms with Crippen LogP contribution in [0.2, 0.25) is 0 Å². The summed E-state index contributed by atoms with van der Waals surface area (Å²) in [6.07, 6.45) is 4.68. The third-order valence-corrected chi connectivity index (χ3v) is 10.5. The second kappa shape index (κ2) is 8.85. The van der Waals surface area contributed by atoms with E-state index in [9.17, 15) is 9.36 Å². The Morgan fingerprint density at radius 3 is 2.53 bits per heavy atom. The molecule has 0 aromatic heterocycles. The molecule has 0 saturated heterocycles. The summed E-state index contributed by atoms with van der Waals surface area (Å²) in [7, 11) is -3.46.